The summed E-state index contributed by atoms with van der Waals surface area (Å²) < 4.78 is 9.53. The molecule has 1 atom stereocenters. The summed E-state index contributed by atoms with van der Waals surface area (Å²) in [7, 11) is 2.54. The minimum Gasteiger partial charge on any atom is -0.468 e. The molecule has 1 unspecified atom stereocenters. The van der Waals surface area contributed by atoms with Crippen molar-refractivity contribution in [3.8, 4) is 11.8 Å². The standard InChI is InChI=1S/C18H20O4/c1-17(12-8-7-11-14-9-5-4-6-10-14)13-18(17,15(19)21-2)16(20)22-3/h4-6,9-10H,7,11,13H2,1-3H3. The quantitative estimate of drug-likeness (QED) is 0.486. The Balaban J connectivity index is 2.05. The summed E-state index contributed by atoms with van der Waals surface area (Å²) in [5.41, 5.74) is -0.759. The van der Waals surface area contributed by atoms with Crippen molar-refractivity contribution in [1.29, 1.82) is 0 Å². The number of esters is 2. The largest absolute Gasteiger partial charge is 0.468 e. The van der Waals surface area contributed by atoms with Gasteiger partial charge in [-0.2, -0.15) is 0 Å². The fourth-order valence-corrected chi connectivity index (χ4v) is 2.77. The zero-order chi connectivity index (χ0) is 16.2. The second-order valence-electron chi connectivity index (χ2n) is 5.68. The van der Waals surface area contributed by atoms with Crippen LogP contribution in [0, 0.1) is 22.7 Å². The molecule has 0 amide bonds. The van der Waals surface area contributed by atoms with E-state index in [1.54, 1.807) is 6.92 Å². The smallest absolute Gasteiger partial charge is 0.324 e. The van der Waals surface area contributed by atoms with E-state index in [-0.39, 0.29) is 0 Å². The lowest BCUT2D eigenvalue weighted by Crippen LogP contribution is -2.33. The first kappa shape index (κ1) is 16.1. The van der Waals surface area contributed by atoms with Crippen LogP contribution in [0.4, 0.5) is 0 Å². The summed E-state index contributed by atoms with van der Waals surface area (Å²) in [6.45, 7) is 1.80. The second-order valence-corrected chi connectivity index (χ2v) is 5.68. The molecule has 0 bridgehead atoms. The molecule has 0 saturated heterocycles. The van der Waals surface area contributed by atoms with E-state index < -0.39 is 22.8 Å². The number of rotatable bonds is 4. The molecule has 22 heavy (non-hydrogen) atoms. The Bertz CT molecular complexity index is 607. The Morgan fingerprint density at radius 2 is 1.73 bits per heavy atom. The molecule has 1 fully saturated rings. The lowest BCUT2D eigenvalue weighted by Gasteiger charge is -2.14. The van der Waals surface area contributed by atoms with Gasteiger partial charge in [0.2, 0.25) is 0 Å². The Morgan fingerprint density at radius 3 is 2.27 bits per heavy atom. The molecule has 0 aliphatic heterocycles. The molecular weight excluding hydrogens is 280 g/mol. The maximum Gasteiger partial charge on any atom is 0.324 e. The average Bonchev–Trinajstić information content (AvgIpc) is 3.18. The first-order valence-electron chi connectivity index (χ1n) is 7.21. The topological polar surface area (TPSA) is 52.6 Å². The zero-order valence-corrected chi connectivity index (χ0v) is 13.1. The van der Waals surface area contributed by atoms with Crippen molar-refractivity contribution < 1.29 is 19.1 Å². The van der Waals surface area contributed by atoms with Gasteiger partial charge in [0.15, 0.2) is 5.41 Å². The summed E-state index contributed by atoms with van der Waals surface area (Å²) in [6, 6.07) is 10.1. The van der Waals surface area contributed by atoms with Gasteiger partial charge in [-0.1, -0.05) is 36.3 Å². The fourth-order valence-electron chi connectivity index (χ4n) is 2.77. The molecule has 1 aromatic rings. The molecular formula is C18H20O4. The molecule has 1 saturated carbocycles. The van der Waals surface area contributed by atoms with E-state index in [9.17, 15) is 9.59 Å². The summed E-state index contributed by atoms with van der Waals surface area (Å²) in [6.07, 6.45) is 1.86. The third-order valence-corrected chi connectivity index (χ3v) is 4.25. The van der Waals surface area contributed by atoms with E-state index in [4.69, 9.17) is 9.47 Å². The number of benzene rings is 1. The highest BCUT2D eigenvalue weighted by Gasteiger charge is 2.76. The van der Waals surface area contributed by atoms with Crippen molar-refractivity contribution in [2.75, 3.05) is 14.2 Å². The predicted molar refractivity (Wildman–Crippen MR) is 81.7 cm³/mol. The van der Waals surface area contributed by atoms with Gasteiger partial charge in [-0.25, -0.2) is 0 Å². The molecule has 2 rings (SSSR count). The third-order valence-electron chi connectivity index (χ3n) is 4.25. The predicted octanol–water partition coefficient (Wildman–Crippen LogP) is 2.37. The molecule has 4 nitrogen and oxygen atoms in total. The van der Waals surface area contributed by atoms with Gasteiger partial charge in [0.05, 0.1) is 19.6 Å². The maximum absolute atomic E-state index is 12.0. The van der Waals surface area contributed by atoms with E-state index in [1.807, 2.05) is 30.3 Å². The van der Waals surface area contributed by atoms with E-state index in [1.165, 1.54) is 19.8 Å². The molecule has 1 aromatic carbocycles. The van der Waals surface area contributed by atoms with Gasteiger partial charge in [-0.3, -0.25) is 9.59 Å². The van der Waals surface area contributed by atoms with Gasteiger partial charge >= 0.3 is 11.9 Å². The highest BCUT2D eigenvalue weighted by Crippen LogP contribution is 2.64. The van der Waals surface area contributed by atoms with Crippen LogP contribution >= 0.6 is 0 Å². The lowest BCUT2D eigenvalue weighted by atomic mass is 9.94. The van der Waals surface area contributed by atoms with Crippen LogP contribution in [0.15, 0.2) is 30.3 Å². The number of hydrogen-bond donors (Lipinski definition) is 0. The monoisotopic (exact) mass is 300 g/mol. The average molecular weight is 300 g/mol. The molecule has 0 radical (unpaired) electrons. The Kier molecular flexibility index (Phi) is 4.56. The van der Waals surface area contributed by atoms with Crippen LogP contribution in [0.5, 0.6) is 0 Å². The number of ether oxygens (including phenoxy) is 2. The van der Waals surface area contributed by atoms with E-state index >= 15 is 0 Å². The highest BCUT2D eigenvalue weighted by molar-refractivity contribution is 6.05. The van der Waals surface area contributed by atoms with Crippen LogP contribution in [0.3, 0.4) is 0 Å². The number of methoxy groups -OCH3 is 2. The Morgan fingerprint density at radius 1 is 1.14 bits per heavy atom. The molecule has 0 heterocycles. The number of aryl methyl sites for hydroxylation is 1. The van der Waals surface area contributed by atoms with Crippen LogP contribution in [0.25, 0.3) is 0 Å². The number of carbonyl (C=O) groups is 2. The van der Waals surface area contributed by atoms with Crippen molar-refractivity contribution in [2.45, 2.75) is 26.2 Å². The van der Waals surface area contributed by atoms with Crippen LogP contribution in [-0.4, -0.2) is 26.2 Å². The maximum atomic E-state index is 12.0. The fraction of sp³-hybridized carbons (Fsp3) is 0.444. The highest BCUT2D eigenvalue weighted by atomic mass is 16.5. The normalized spacial score (nSPS) is 21.2. The van der Waals surface area contributed by atoms with Crippen molar-refractivity contribution in [2.24, 2.45) is 10.8 Å². The minimum atomic E-state index is -1.27. The van der Waals surface area contributed by atoms with Crippen molar-refractivity contribution >= 4 is 11.9 Å². The summed E-state index contributed by atoms with van der Waals surface area (Å²) >= 11 is 0. The van der Waals surface area contributed by atoms with Crippen LogP contribution in [-0.2, 0) is 25.5 Å². The Labute approximate surface area is 130 Å². The lowest BCUT2D eigenvalue weighted by molar-refractivity contribution is -0.162. The molecule has 0 aromatic heterocycles. The van der Waals surface area contributed by atoms with Gasteiger partial charge in [-0.15, -0.1) is 5.92 Å². The van der Waals surface area contributed by atoms with Gasteiger partial charge in [0.25, 0.3) is 0 Å². The van der Waals surface area contributed by atoms with E-state index in [0.29, 0.717) is 12.8 Å². The van der Waals surface area contributed by atoms with Gasteiger partial charge in [0.1, 0.15) is 0 Å². The van der Waals surface area contributed by atoms with Crippen molar-refractivity contribution in [1.82, 2.24) is 0 Å². The van der Waals surface area contributed by atoms with E-state index in [0.717, 1.165) is 6.42 Å². The third kappa shape index (κ3) is 2.71. The molecule has 1 aliphatic rings. The van der Waals surface area contributed by atoms with Gasteiger partial charge in [0, 0.05) is 6.42 Å². The van der Waals surface area contributed by atoms with Crippen LogP contribution < -0.4 is 0 Å². The molecule has 4 heteroatoms. The first-order chi connectivity index (χ1) is 10.5. The molecule has 1 aliphatic carbocycles. The van der Waals surface area contributed by atoms with Crippen LogP contribution in [0.2, 0.25) is 0 Å². The molecule has 0 spiro atoms. The summed E-state index contributed by atoms with van der Waals surface area (Å²) in [4.78, 5) is 24.0. The first-order valence-corrected chi connectivity index (χ1v) is 7.21. The zero-order valence-electron chi connectivity index (χ0n) is 13.1. The van der Waals surface area contributed by atoms with Crippen LogP contribution in [0.1, 0.15) is 25.3 Å². The van der Waals surface area contributed by atoms with Gasteiger partial charge < -0.3 is 9.47 Å². The number of carbonyl (C=O) groups excluding carboxylic acids is 2. The Hall–Kier alpha value is -2.28. The number of hydrogen-bond acceptors (Lipinski definition) is 4. The minimum absolute atomic E-state index is 0.345. The molecule has 116 valence electrons. The van der Waals surface area contributed by atoms with Crippen molar-refractivity contribution in [3.63, 3.8) is 0 Å². The summed E-state index contributed by atoms with van der Waals surface area (Å²) in [5.74, 6) is 5.02. The molecule has 0 N–H and O–H groups in total. The van der Waals surface area contributed by atoms with Crippen molar-refractivity contribution in [3.05, 3.63) is 35.9 Å². The van der Waals surface area contributed by atoms with E-state index in [2.05, 4.69) is 11.8 Å². The second kappa shape index (κ2) is 6.23. The summed E-state index contributed by atoms with van der Waals surface area (Å²) in [5, 5.41) is 0. The van der Waals surface area contributed by atoms with Gasteiger partial charge in [-0.05, 0) is 25.3 Å². The SMILES string of the molecule is COC(=O)C1(C(=O)OC)CC1(C)C#CCCc1ccccc1.